The third-order valence-electron chi connectivity index (χ3n) is 6.00. The smallest absolute Gasteiger partial charge is 0.0357 e. The number of hydrogen-bond donors (Lipinski definition) is 1. The first kappa shape index (κ1) is 17.9. The average Bonchev–Trinajstić information content (AvgIpc) is 2.64. The predicted molar refractivity (Wildman–Crippen MR) is 101 cm³/mol. The van der Waals surface area contributed by atoms with Crippen LogP contribution in [0, 0.1) is 0 Å². The summed E-state index contributed by atoms with van der Waals surface area (Å²) in [6.45, 7) is 12.5. The first-order valence-electron chi connectivity index (χ1n) is 9.69. The molecule has 0 amide bonds. The molecular weight excluding hydrogens is 296 g/mol. The Morgan fingerprint density at radius 3 is 2.17 bits per heavy atom. The largest absolute Gasteiger partial charge is 0.329 e. The molecule has 1 aromatic carbocycles. The molecule has 0 atom stereocenters. The van der Waals surface area contributed by atoms with Gasteiger partial charge < -0.3 is 10.6 Å². The van der Waals surface area contributed by atoms with Crippen LogP contribution in [0.15, 0.2) is 30.3 Å². The molecule has 0 saturated carbocycles. The molecule has 24 heavy (non-hydrogen) atoms. The van der Waals surface area contributed by atoms with Gasteiger partial charge in [-0.05, 0) is 31.4 Å². The van der Waals surface area contributed by atoms with E-state index in [1.807, 2.05) is 0 Å². The summed E-state index contributed by atoms with van der Waals surface area (Å²) >= 11 is 0. The first-order valence-corrected chi connectivity index (χ1v) is 9.69. The Morgan fingerprint density at radius 1 is 0.917 bits per heavy atom. The molecule has 2 saturated heterocycles. The van der Waals surface area contributed by atoms with Crippen molar-refractivity contribution in [2.24, 2.45) is 5.73 Å². The van der Waals surface area contributed by atoms with Gasteiger partial charge in [0.2, 0.25) is 0 Å². The highest BCUT2D eigenvalue weighted by Crippen LogP contribution is 2.30. The van der Waals surface area contributed by atoms with E-state index in [9.17, 15) is 0 Å². The van der Waals surface area contributed by atoms with E-state index in [1.165, 1.54) is 70.6 Å². The van der Waals surface area contributed by atoms with Crippen LogP contribution in [0.1, 0.15) is 31.7 Å². The van der Waals surface area contributed by atoms with Crippen molar-refractivity contribution in [3.8, 4) is 0 Å². The molecule has 2 heterocycles. The van der Waals surface area contributed by atoms with E-state index in [0.29, 0.717) is 0 Å². The maximum absolute atomic E-state index is 6.29. The molecule has 134 valence electrons. The van der Waals surface area contributed by atoms with Crippen LogP contribution in [0.5, 0.6) is 0 Å². The third-order valence-corrected chi connectivity index (χ3v) is 6.00. The van der Waals surface area contributed by atoms with Crippen LogP contribution in [0.2, 0.25) is 0 Å². The Hall–Kier alpha value is -0.940. The molecule has 0 aliphatic carbocycles. The summed E-state index contributed by atoms with van der Waals surface area (Å²) in [6.07, 6.45) is 3.69. The number of hydrogen-bond acceptors (Lipinski definition) is 4. The summed E-state index contributed by atoms with van der Waals surface area (Å²) in [5.74, 6) is 0. The minimum atomic E-state index is 0.242. The lowest BCUT2D eigenvalue weighted by atomic mass is 9.85. The normalized spacial score (nSPS) is 23.4. The highest BCUT2D eigenvalue weighted by molar-refractivity contribution is 5.14. The van der Waals surface area contributed by atoms with Crippen LogP contribution in [0.3, 0.4) is 0 Å². The minimum absolute atomic E-state index is 0.242. The van der Waals surface area contributed by atoms with E-state index < -0.39 is 0 Å². The number of rotatable bonds is 6. The summed E-state index contributed by atoms with van der Waals surface area (Å²) in [5.41, 5.74) is 7.95. The second-order valence-electron chi connectivity index (χ2n) is 7.52. The molecule has 2 aliphatic heterocycles. The summed E-state index contributed by atoms with van der Waals surface area (Å²) in [5, 5.41) is 0. The molecule has 0 bridgehead atoms. The van der Waals surface area contributed by atoms with E-state index >= 15 is 0 Å². The number of benzene rings is 1. The van der Waals surface area contributed by atoms with Gasteiger partial charge in [-0.3, -0.25) is 9.80 Å². The standard InChI is InChI=1S/C20H34N4/c1-2-10-22-13-15-24(16-14-22)20(18-21)8-11-23(12-9-20)17-19-6-4-3-5-7-19/h3-7H,2,8-18,21H2,1H3. The Bertz CT molecular complexity index is 474. The fraction of sp³-hybridized carbons (Fsp3) is 0.700. The molecule has 4 heteroatoms. The van der Waals surface area contributed by atoms with E-state index in [0.717, 1.165) is 13.1 Å². The highest BCUT2D eigenvalue weighted by atomic mass is 15.3. The molecule has 3 rings (SSSR count). The van der Waals surface area contributed by atoms with Gasteiger partial charge in [-0.2, -0.15) is 0 Å². The van der Waals surface area contributed by atoms with E-state index in [1.54, 1.807) is 0 Å². The Balaban J connectivity index is 1.52. The van der Waals surface area contributed by atoms with Gasteiger partial charge >= 0.3 is 0 Å². The van der Waals surface area contributed by atoms with Crippen molar-refractivity contribution in [2.75, 3.05) is 52.4 Å². The molecule has 0 spiro atoms. The molecule has 1 aromatic rings. The second-order valence-corrected chi connectivity index (χ2v) is 7.52. The van der Waals surface area contributed by atoms with Gasteiger partial charge in [0.1, 0.15) is 0 Å². The zero-order valence-corrected chi connectivity index (χ0v) is 15.3. The molecule has 0 unspecified atom stereocenters. The number of piperidine rings is 1. The van der Waals surface area contributed by atoms with Gasteiger partial charge in [-0.1, -0.05) is 37.3 Å². The van der Waals surface area contributed by atoms with Gasteiger partial charge in [-0.15, -0.1) is 0 Å². The van der Waals surface area contributed by atoms with Gasteiger partial charge in [0.15, 0.2) is 0 Å². The lowest BCUT2D eigenvalue weighted by Crippen LogP contribution is -2.63. The maximum atomic E-state index is 6.29. The molecular formula is C20H34N4. The first-order chi connectivity index (χ1) is 11.8. The van der Waals surface area contributed by atoms with Crippen molar-refractivity contribution in [2.45, 2.75) is 38.3 Å². The monoisotopic (exact) mass is 330 g/mol. The highest BCUT2D eigenvalue weighted by Gasteiger charge is 2.39. The quantitative estimate of drug-likeness (QED) is 0.865. The average molecular weight is 331 g/mol. The van der Waals surface area contributed by atoms with Crippen molar-refractivity contribution in [3.05, 3.63) is 35.9 Å². The predicted octanol–water partition coefficient (Wildman–Crippen LogP) is 2.01. The molecule has 2 N–H and O–H groups in total. The van der Waals surface area contributed by atoms with Gasteiger partial charge in [0, 0.05) is 57.9 Å². The van der Waals surface area contributed by atoms with Crippen molar-refractivity contribution >= 4 is 0 Å². The second kappa shape index (κ2) is 8.43. The SMILES string of the molecule is CCCN1CCN(C2(CN)CCN(Cc3ccccc3)CC2)CC1. The fourth-order valence-electron chi connectivity index (χ4n) is 4.38. The van der Waals surface area contributed by atoms with Gasteiger partial charge in [0.25, 0.3) is 0 Å². The fourth-order valence-corrected chi connectivity index (χ4v) is 4.38. The van der Waals surface area contributed by atoms with Crippen molar-refractivity contribution < 1.29 is 0 Å². The summed E-state index contributed by atoms with van der Waals surface area (Å²) in [4.78, 5) is 7.90. The Labute approximate surface area is 147 Å². The lowest BCUT2D eigenvalue weighted by Gasteiger charge is -2.51. The molecule has 0 aromatic heterocycles. The van der Waals surface area contributed by atoms with Gasteiger partial charge in [-0.25, -0.2) is 0 Å². The van der Waals surface area contributed by atoms with Crippen LogP contribution in [0.4, 0.5) is 0 Å². The van der Waals surface area contributed by atoms with E-state index in [4.69, 9.17) is 5.73 Å². The van der Waals surface area contributed by atoms with Crippen LogP contribution in [-0.4, -0.2) is 72.6 Å². The molecule has 2 fully saturated rings. The van der Waals surface area contributed by atoms with Gasteiger partial charge in [0.05, 0.1) is 0 Å². The topological polar surface area (TPSA) is 35.7 Å². The van der Waals surface area contributed by atoms with Crippen LogP contribution in [-0.2, 0) is 6.54 Å². The molecule has 2 aliphatic rings. The number of nitrogens with zero attached hydrogens (tertiary/aromatic N) is 3. The summed E-state index contributed by atoms with van der Waals surface area (Å²) in [6, 6.07) is 10.8. The maximum Gasteiger partial charge on any atom is 0.0357 e. The van der Waals surface area contributed by atoms with Crippen LogP contribution >= 0.6 is 0 Å². The Kier molecular flexibility index (Phi) is 6.28. The number of piperazine rings is 1. The van der Waals surface area contributed by atoms with Crippen molar-refractivity contribution in [3.63, 3.8) is 0 Å². The summed E-state index contributed by atoms with van der Waals surface area (Å²) < 4.78 is 0. The lowest BCUT2D eigenvalue weighted by molar-refractivity contribution is -0.00708. The number of nitrogens with two attached hydrogens (primary N) is 1. The number of likely N-dealkylation sites (tertiary alicyclic amines) is 1. The van der Waals surface area contributed by atoms with Crippen molar-refractivity contribution in [1.29, 1.82) is 0 Å². The minimum Gasteiger partial charge on any atom is -0.329 e. The summed E-state index contributed by atoms with van der Waals surface area (Å²) in [7, 11) is 0. The molecule has 4 nitrogen and oxygen atoms in total. The van der Waals surface area contributed by atoms with Crippen LogP contribution < -0.4 is 5.73 Å². The third kappa shape index (κ3) is 4.17. The van der Waals surface area contributed by atoms with Crippen molar-refractivity contribution in [1.82, 2.24) is 14.7 Å². The Morgan fingerprint density at radius 2 is 1.58 bits per heavy atom. The van der Waals surface area contributed by atoms with Crippen LogP contribution in [0.25, 0.3) is 0 Å². The zero-order chi connectivity index (χ0) is 16.8. The van der Waals surface area contributed by atoms with E-state index in [2.05, 4.69) is 52.0 Å². The van der Waals surface area contributed by atoms with E-state index in [-0.39, 0.29) is 5.54 Å². The molecule has 0 radical (unpaired) electrons. The zero-order valence-electron chi connectivity index (χ0n) is 15.3.